The molecule has 0 spiro atoms. The van der Waals surface area contributed by atoms with E-state index >= 15 is 0 Å². The lowest BCUT2D eigenvalue weighted by molar-refractivity contribution is -0.0209. The Morgan fingerprint density at radius 1 is 0.730 bits per heavy atom. The maximum absolute atomic E-state index is 14.1. The number of hydrogen-bond acceptors (Lipinski definition) is 3. The molecule has 0 heterocycles. The van der Waals surface area contributed by atoms with Crippen molar-refractivity contribution in [2.24, 2.45) is 0 Å². The van der Waals surface area contributed by atoms with E-state index in [1.54, 1.807) is 0 Å². The fourth-order valence-corrected chi connectivity index (χ4v) is 4.87. The van der Waals surface area contributed by atoms with E-state index in [0.29, 0.717) is 45.2 Å². The zero-order valence-electron chi connectivity index (χ0n) is 23.0. The van der Waals surface area contributed by atoms with Crippen LogP contribution in [0, 0.1) is 0 Å². The molecule has 37 heavy (non-hydrogen) atoms. The Hall–Kier alpha value is -1.82. The Bertz CT molecular complexity index is 777. The van der Waals surface area contributed by atoms with Gasteiger partial charge in [0.1, 0.15) is 0 Å². The number of halogens is 2. The molecule has 0 saturated carbocycles. The van der Waals surface area contributed by atoms with Crippen molar-refractivity contribution < 1.29 is 19.0 Å². The van der Waals surface area contributed by atoms with Crippen molar-refractivity contribution in [1.82, 2.24) is 4.90 Å². The lowest BCUT2D eigenvalue weighted by Gasteiger charge is -2.33. The molecular weight excluding hydrogens is 468 g/mol. The highest BCUT2D eigenvalue weighted by Gasteiger charge is 2.27. The lowest BCUT2D eigenvalue weighted by Crippen LogP contribution is -2.42. The van der Waals surface area contributed by atoms with Gasteiger partial charge in [-0.3, -0.25) is 4.90 Å². The van der Waals surface area contributed by atoms with Crippen molar-refractivity contribution in [3.8, 4) is 0 Å². The minimum absolute atomic E-state index is 0.00805. The molecule has 2 N–H and O–H groups in total. The molecule has 3 atom stereocenters. The molecule has 5 heteroatoms. The van der Waals surface area contributed by atoms with Crippen molar-refractivity contribution in [1.29, 1.82) is 0 Å². The number of benzene rings is 2. The second kappa shape index (κ2) is 17.6. The first-order chi connectivity index (χ1) is 17.8. The molecule has 0 aromatic heterocycles. The first-order valence-corrected chi connectivity index (χ1v) is 14.4. The quantitative estimate of drug-likeness (QED) is 0.174. The summed E-state index contributed by atoms with van der Waals surface area (Å²) in [5.41, 5.74) is 2.35. The highest BCUT2D eigenvalue weighted by molar-refractivity contribution is 5.17. The zero-order chi connectivity index (χ0) is 26.9. The Balaban J connectivity index is 1.74. The Morgan fingerprint density at radius 2 is 1.22 bits per heavy atom. The third-order valence-corrected chi connectivity index (χ3v) is 7.33. The average Bonchev–Trinajstić information content (AvgIpc) is 2.88. The van der Waals surface area contributed by atoms with E-state index in [-0.39, 0.29) is 25.3 Å². The van der Waals surface area contributed by atoms with E-state index in [4.69, 9.17) is 0 Å². The summed E-state index contributed by atoms with van der Waals surface area (Å²) in [7, 11) is 0. The van der Waals surface area contributed by atoms with E-state index in [1.807, 2.05) is 43.3 Å². The number of alkyl halides is 2. The summed E-state index contributed by atoms with van der Waals surface area (Å²) < 4.78 is 28.2. The van der Waals surface area contributed by atoms with Crippen molar-refractivity contribution in [2.45, 2.75) is 128 Å². The van der Waals surface area contributed by atoms with Crippen LogP contribution in [0.2, 0.25) is 0 Å². The molecule has 0 radical (unpaired) electrons. The highest BCUT2D eigenvalue weighted by Crippen LogP contribution is 2.28. The molecule has 2 rings (SSSR count). The van der Waals surface area contributed by atoms with Gasteiger partial charge in [-0.15, -0.1) is 0 Å². The van der Waals surface area contributed by atoms with Crippen molar-refractivity contribution in [3.63, 3.8) is 0 Å². The smallest absolute Gasteiger partial charge is 0.248 e. The van der Waals surface area contributed by atoms with Gasteiger partial charge in [0.2, 0.25) is 5.92 Å². The summed E-state index contributed by atoms with van der Waals surface area (Å²) in [4.78, 5) is 2.24. The molecule has 0 saturated heterocycles. The largest absolute Gasteiger partial charge is 0.393 e. The van der Waals surface area contributed by atoms with Crippen LogP contribution in [0.15, 0.2) is 60.7 Å². The second-order valence-electron chi connectivity index (χ2n) is 10.7. The van der Waals surface area contributed by atoms with Crippen LogP contribution < -0.4 is 0 Å². The van der Waals surface area contributed by atoms with Gasteiger partial charge in [-0.25, -0.2) is 8.78 Å². The number of unbranched alkanes of at least 4 members (excludes halogenated alkanes) is 6. The Morgan fingerprint density at radius 3 is 1.73 bits per heavy atom. The van der Waals surface area contributed by atoms with Gasteiger partial charge in [0.15, 0.2) is 0 Å². The molecule has 0 aliphatic carbocycles. The number of aliphatic hydroxyl groups is 2. The van der Waals surface area contributed by atoms with E-state index < -0.39 is 18.1 Å². The van der Waals surface area contributed by atoms with Gasteiger partial charge in [0.05, 0.1) is 12.2 Å². The standard InChI is InChI=1S/C32H49F2NO2/c1-3-4-5-6-15-22-32(33,34)23-16-9-14-21-30(36)24-31(37)27(2)35(25-28-17-10-7-11-18-28)26-29-19-12-8-13-20-29/h7-8,10-13,17-20,27,30-31,36-37H,3-6,9,14-16,21-26H2,1-2H3/t27-,30-,31-/m0/s1. The third-order valence-electron chi connectivity index (χ3n) is 7.33. The number of nitrogens with zero attached hydrogens (tertiary/aromatic N) is 1. The average molecular weight is 518 g/mol. The van der Waals surface area contributed by atoms with Crippen LogP contribution in [0.1, 0.15) is 102 Å². The Labute approximate surface area is 223 Å². The molecule has 0 aliphatic heterocycles. The molecule has 0 bridgehead atoms. The highest BCUT2D eigenvalue weighted by atomic mass is 19.3. The normalized spacial score (nSPS) is 14.6. The van der Waals surface area contributed by atoms with Crippen LogP contribution in [0.3, 0.4) is 0 Å². The molecule has 3 nitrogen and oxygen atoms in total. The van der Waals surface area contributed by atoms with Gasteiger partial charge in [-0.2, -0.15) is 0 Å². The van der Waals surface area contributed by atoms with Crippen molar-refractivity contribution >= 4 is 0 Å². The molecule has 2 aromatic rings. The fourth-order valence-electron chi connectivity index (χ4n) is 4.87. The van der Waals surface area contributed by atoms with Crippen LogP contribution >= 0.6 is 0 Å². The molecule has 0 fully saturated rings. The lowest BCUT2D eigenvalue weighted by atomic mass is 9.98. The van der Waals surface area contributed by atoms with Crippen molar-refractivity contribution in [3.05, 3.63) is 71.8 Å². The Kier molecular flexibility index (Phi) is 15.0. The van der Waals surface area contributed by atoms with Gasteiger partial charge in [0.25, 0.3) is 0 Å². The molecular formula is C32H49F2NO2. The van der Waals surface area contributed by atoms with E-state index in [9.17, 15) is 19.0 Å². The fraction of sp³-hybridized carbons (Fsp3) is 0.625. The van der Waals surface area contributed by atoms with E-state index in [0.717, 1.165) is 25.7 Å². The first kappa shape index (κ1) is 31.4. The summed E-state index contributed by atoms with van der Waals surface area (Å²) >= 11 is 0. The van der Waals surface area contributed by atoms with Gasteiger partial charge in [-0.1, -0.05) is 106 Å². The second-order valence-corrected chi connectivity index (χ2v) is 10.7. The van der Waals surface area contributed by atoms with E-state index in [2.05, 4.69) is 36.1 Å². The first-order valence-electron chi connectivity index (χ1n) is 14.4. The molecule has 0 unspecified atom stereocenters. The van der Waals surface area contributed by atoms with Crippen LogP contribution in [-0.4, -0.2) is 39.3 Å². The predicted molar refractivity (Wildman–Crippen MR) is 150 cm³/mol. The van der Waals surface area contributed by atoms with E-state index in [1.165, 1.54) is 11.1 Å². The van der Waals surface area contributed by atoms with Crippen LogP contribution in [0.4, 0.5) is 8.78 Å². The number of rotatable bonds is 20. The van der Waals surface area contributed by atoms with Gasteiger partial charge < -0.3 is 10.2 Å². The van der Waals surface area contributed by atoms with Crippen LogP contribution in [0.5, 0.6) is 0 Å². The molecule has 0 aliphatic rings. The van der Waals surface area contributed by atoms with Crippen molar-refractivity contribution in [2.75, 3.05) is 0 Å². The summed E-state index contributed by atoms with van der Waals surface area (Å²) in [6, 6.07) is 20.3. The maximum atomic E-state index is 14.1. The zero-order valence-corrected chi connectivity index (χ0v) is 23.0. The number of aliphatic hydroxyl groups excluding tert-OH is 2. The van der Waals surface area contributed by atoms with Gasteiger partial charge in [-0.05, 0) is 37.3 Å². The van der Waals surface area contributed by atoms with Gasteiger partial charge >= 0.3 is 0 Å². The molecule has 2 aromatic carbocycles. The molecule has 0 amide bonds. The SMILES string of the molecule is CCCCCCCC(F)(F)CCCCC[C@H](O)C[C@H](O)[C@H](C)N(Cc1ccccc1)Cc1ccccc1. The summed E-state index contributed by atoms with van der Waals surface area (Å²) in [5.74, 6) is -2.57. The molecule has 208 valence electrons. The van der Waals surface area contributed by atoms with Gasteiger partial charge in [0, 0.05) is 38.4 Å². The maximum Gasteiger partial charge on any atom is 0.248 e. The predicted octanol–water partition coefficient (Wildman–Crippen LogP) is 8.14. The summed E-state index contributed by atoms with van der Waals surface area (Å²) in [5, 5.41) is 21.5. The summed E-state index contributed by atoms with van der Waals surface area (Å²) in [6.07, 6.45) is 6.09. The monoisotopic (exact) mass is 517 g/mol. The minimum atomic E-state index is -2.57. The topological polar surface area (TPSA) is 43.7 Å². The van der Waals surface area contributed by atoms with Crippen LogP contribution in [-0.2, 0) is 13.1 Å². The van der Waals surface area contributed by atoms with Crippen LogP contribution in [0.25, 0.3) is 0 Å². The minimum Gasteiger partial charge on any atom is -0.393 e. The summed E-state index contributed by atoms with van der Waals surface area (Å²) in [6.45, 7) is 5.54. The number of hydrogen-bond donors (Lipinski definition) is 2. The third kappa shape index (κ3) is 13.5.